The van der Waals surface area contributed by atoms with E-state index in [1.165, 1.54) is 10.4 Å². The fourth-order valence-corrected chi connectivity index (χ4v) is 4.92. The van der Waals surface area contributed by atoms with Crippen molar-refractivity contribution in [1.29, 1.82) is 0 Å². The summed E-state index contributed by atoms with van der Waals surface area (Å²) < 4.78 is 35.7. The minimum atomic E-state index is -3.98. The van der Waals surface area contributed by atoms with Crippen LogP contribution in [-0.4, -0.2) is 30.1 Å². The van der Waals surface area contributed by atoms with Crippen molar-refractivity contribution >= 4 is 33.0 Å². The van der Waals surface area contributed by atoms with E-state index >= 15 is 0 Å². The third-order valence-corrected chi connectivity index (χ3v) is 6.75. The number of hydrogen-bond donors (Lipinski definition) is 0. The van der Waals surface area contributed by atoms with Gasteiger partial charge in [0.1, 0.15) is 16.5 Å². The van der Waals surface area contributed by atoms with Gasteiger partial charge in [-0.1, -0.05) is 29.8 Å². The van der Waals surface area contributed by atoms with Crippen LogP contribution >= 0.6 is 11.6 Å². The van der Waals surface area contributed by atoms with Gasteiger partial charge in [0.05, 0.1) is 19.3 Å². The van der Waals surface area contributed by atoms with E-state index in [1.54, 1.807) is 67.1 Å². The van der Waals surface area contributed by atoms with E-state index in [9.17, 15) is 8.42 Å². The van der Waals surface area contributed by atoms with Crippen molar-refractivity contribution in [2.75, 3.05) is 11.4 Å². The molecule has 0 aliphatic carbocycles. The number of halogens is 1. The maximum Gasteiger partial charge on any atom is 0.268 e. The maximum absolute atomic E-state index is 13.8. The Morgan fingerprint density at radius 2 is 1.83 bits per heavy atom. The van der Waals surface area contributed by atoms with Crippen molar-refractivity contribution in [2.24, 2.45) is 0 Å². The van der Waals surface area contributed by atoms with Crippen LogP contribution in [0.15, 0.2) is 71.8 Å². The first-order chi connectivity index (χ1) is 14.4. The highest BCUT2D eigenvalue weighted by Gasteiger charge is 2.29. The van der Waals surface area contributed by atoms with Gasteiger partial charge in [-0.05, 0) is 55.0 Å². The first kappa shape index (κ1) is 20.2. The molecule has 0 atom stereocenters. The zero-order valence-corrected chi connectivity index (χ0v) is 17.9. The Balaban J connectivity index is 1.85. The monoisotopic (exact) mass is 442 g/mol. The summed E-state index contributed by atoms with van der Waals surface area (Å²) in [6.07, 6.45) is 1.73. The molecule has 9 heteroatoms. The molecule has 0 amide bonds. The van der Waals surface area contributed by atoms with Crippen LogP contribution in [0.1, 0.15) is 11.4 Å². The summed E-state index contributed by atoms with van der Waals surface area (Å²) in [6, 6.07) is 17.2. The fourth-order valence-electron chi connectivity index (χ4n) is 3.17. The second-order valence-electron chi connectivity index (χ2n) is 6.65. The molecule has 0 aliphatic heterocycles. The van der Waals surface area contributed by atoms with E-state index in [4.69, 9.17) is 16.3 Å². The zero-order chi connectivity index (χ0) is 21.3. The number of methoxy groups -OCH3 is 1. The van der Waals surface area contributed by atoms with Crippen molar-refractivity contribution in [3.8, 4) is 5.75 Å². The molecule has 2 heterocycles. The quantitative estimate of drug-likeness (QED) is 0.449. The van der Waals surface area contributed by atoms with Crippen molar-refractivity contribution in [3.05, 3.63) is 83.3 Å². The highest BCUT2D eigenvalue weighted by Crippen LogP contribution is 2.30. The largest absolute Gasteiger partial charge is 0.497 e. The molecule has 0 spiro atoms. The lowest BCUT2D eigenvalue weighted by Gasteiger charge is -2.25. The molecule has 0 radical (unpaired) electrons. The van der Waals surface area contributed by atoms with Crippen molar-refractivity contribution in [3.63, 3.8) is 0 Å². The molecule has 2 aromatic heterocycles. The second kappa shape index (κ2) is 7.97. The Kier molecular flexibility index (Phi) is 5.36. The maximum atomic E-state index is 13.8. The summed E-state index contributed by atoms with van der Waals surface area (Å²) in [7, 11) is -2.40. The molecule has 2 aromatic carbocycles. The molecule has 4 rings (SSSR count). The summed E-state index contributed by atoms with van der Waals surface area (Å²) in [5.41, 5.74) is 1.53. The first-order valence-corrected chi connectivity index (χ1v) is 10.9. The van der Waals surface area contributed by atoms with E-state index in [0.717, 1.165) is 5.56 Å². The third kappa shape index (κ3) is 3.71. The molecule has 7 nitrogen and oxygen atoms in total. The summed E-state index contributed by atoms with van der Waals surface area (Å²) in [5, 5.41) is 8.53. The number of rotatable bonds is 6. The Morgan fingerprint density at radius 3 is 2.53 bits per heavy atom. The molecule has 0 bridgehead atoms. The molecule has 0 saturated heterocycles. The molecule has 0 fully saturated rings. The normalized spacial score (nSPS) is 11.6. The number of anilines is 1. The first-order valence-electron chi connectivity index (χ1n) is 9.12. The van der Waals surface area contributed by atoms with Gasteiger partial charge in [-0.15, -0.1) is 10.2 Å². The standard InChI is InChI=1S/C21H19ClN4O3S/c1-15-23-24-21-20(7-4-12-25(15)21)30(27,28)26(18-6-3-5-17(22)13-18)14-16-8-10-19(29-2)11-9-16/h3-13H,14H2,1-2H3. The van der Waals surface area contributed by atoms with Crippen LogP contribution in [0.25, 0.3) is 5.65 Å². The van der Waals surface area contributed by atoms with Crippen LogP contribution in [-0.2, 0) is 16.6 Å². The van der Waals surface area contributed by atoms with Gasteiger partial charge in [-0.25, -0.2) is 8.42 Å². The second-order valence-corrected chi connectivity index (χ2v) is 8.92. The smallest absolute Gasteiger partial charge is 0.268 e. The highest BCUT2D eigenvalue weighted by molar-refractivity contribution is 7.93. The van der Waals surface area contributed by atoms with Gasteiger partial charge in [-0.3, -0.25) is 8.71 Å². The topological polar surface area (TPSA) is 76.8 Å². The number of hydrogen-bond acceptors (Lipinski definition) is 5. The number of benzene rings is 2. The zero-order valence-electron chi connectivity index (χ0n) is 16.4. The molecule has 0 aliphatic rings. The summed E-state index contributed by atoms with van der Waals surface area (Å²) >= 11 is 6.16. The molecule has 4 aromatic rings. The average molecular weight is 443 g/mol. The van der Waals surface area contributed by atoms with E-state index in [0.29, 0.717) is 22.3 Å². The molecular weight excluding hydrogens is 424 g/mol. The number of aromatic nitrogens is 3. The van der Waals surface area contributed by atoms with E-state index in [2.05, 4.69) is 10.2 Å². The van der Waals surface area contributed by atoms with E-state index in [1.807, 2.05) is 12.1 Å². The Labute approximate surface area is 179 Å². The molecule has 154 valence electrons. The van der Waals surface area contributed by atoms with Crippen molar-refractivity contribution < 1.29 is 13.2 Å². The lowest BCUT2D eigenvalue weighted by Crippen LogP contribution is -2.31. The van der Waals surface area contributed by atoms with E-state index in [-0.39, 0.29) is 17.1 Å². The molecule has 0 N–H and O–H groups in total. The Hall–Kier alpha value is -3.10. The average Bonchev–Trinajstić information content (AvgIpc) is 3.13. The van der Waals surface area contributed by atoms with Crippen LogP contribution in [0.2, 0.25) is 5.02 Å². The van der Waals surface area contributed by atoms with E-state index < -0.39 is 10.0 Å². The number of pyridine rings is 1. The molecule has 30 heavy (non-hydrogen) atoms. The van der Waals surface area contributed by atoms with Crippen LogP contribution < -0.4 is 9.04 Å². The number of ether oxygens (including phenoxy) is 1. The van der Waals surface area contributed by atoms with Crippen LogP contribution in [0, 0.1) is 6.92 Å². The number of fused-ring (bicyclic) bond motifs is 1. The minimum Gasteiger partial charge on any atom is -0.497 e. The van der Waals surface area contributed by atoms with Gasteiger partial charge < -0.3 is 4.74 Å². The fraction of sp³-hybridized carbons (Fsp3) is 0.143. The Bertz CT molecular complexity index is 1300. The van der Waals surface area contributed by atoms with Gasteiger partial charge in [0.15, 0.2) is 5.65 Å². The van der Waals surface area contributed by atoms with Crippen LogP contribution in [0.5, 0.6) is 5.75 Å². The molecule has 0 unspecified atom stereocenters. The summed E-state index contributed by atoms with van der Waals surface area (Å²) in [6.45, 7) is 1.88. The Morgan fingerprint density at radius 1 is 1.07 bits per heavy atom. The minimum absolute atomic E-state index is 0.0686. The van der Waals surface area contributed by atoms with Gasteiger partial charge >= 0.3 is 0 Å². The van der Waals surface area contributed by atoms with Gasteiger partial charge in [-0.2, -0.15) is 0 Å². The van der Waals surface area contributed by atoms with Crippen molar-refractivity contribution in [2.45, 2.75) is 18.4 Å². The van der Waals surface area contributed by atoms with Gasteiger partial charge in [0, 0.05) is 11.2 Å². The van der Waals surface area contributed by atoms with Crippen LogP contribution in [0.4, 0.5) is 5.69 Å². The van der Waals surface area contributed by atoms with Gasteiger partial charge in [0.2, 0.25) is 0 Å². The molecular formula is C21H19ClN4O3S. The van der Waals surface area contributed by atoms with Crippen LogP contribution in [0.3, 0.4) is 0 Å². The predicted molar refractivity (Wildman–Crippen MR) is 116 cm³/mol. The predicted octanol–water partition coefficient (Wildman–Crippen LogP) is 4.10. The third-order valence-electron chi connectivity index (χ3n) is 4.72. The summed E-state index contributed by atoms with van der Waals surface area (Å²) in [5.74, 6) is 1.30. The van der Waals surface area contributed by atoms with Crippen molar-refractivity contribution in [1.82, 2.24) is 14.6 Å². The number of sulfonamides is 1. The summed E-state index contributed by atoms with van der Waals surface area (Å²) in [4.78, 5) is 0.0686. The molecule has 0 saturated carbocycles. The van der Waals surface area contributed by atoms with Gasteiger partial charge in [0.25, 0.3) is 10.0 Å². The number of nitrogens with zero attached hydrogens (tertiary/aromatic N) is 4. The number of aryl methyl sites for hydroxylation is 1. The lowest BCUT2D eigenvalue weighted by atomic mass is 10.2. The SMILES string of the molecule is COc1ccc(CN(c2cccc(Cl)c2)S(=O)(=O)c2cccn3c(C)nnc23)cc1. The lowest BCUT2D eigenvalue weighted by molar-refractivity contribution is 0.414. The highest BCUT2D eigenvalue weighted by atomic mass is 35.5.